The lowest BCUT2D eigenvalue weighted by molar-refractivity contribution is -0.151. The number of nitrogens with one attached hydrogen (secondary N) is 1. The van der Waals surface area contributed by atoms with Gasteiger partial charge in [-0.05, 0) is 26.7 Å². The lowest BCUT2D eigenvalue weighted by Crippen LogP contribution is -2.59. The van der Waals surface area contributed by atoms with Crippen LogP contribution in [0.15, 0.2) is 6.33 Å². The largest absolute Gasteiger partial charge is 0.465 e. The molecule has 0 saturated heterocycles. The molecule has 1 aliphatic heterocycles. The van der Waals surface area contributed by atoms with Gasteiger partial charge in [-0.25, -0.2) is 0 Å². The van der Waals surface area contributed by atoms with E-state index in [4.69, 9.17) is 4.74 Å². The molecule has 0 spiro atoms. The van der Waals surface area contributed by atoms with Crippen molar-refractivity contribution in [2.45, 2.75) is 51.4 Å². The summed E-state index contributed by atoms with van der Waals surface area (Å²) in [6.45, 7) is 7.32. The molecule has 1 fully saturated rings. The van der Waals surface area contributed by atoms with E-state index in [1.807, 2.05) is 13.8 Å². The summed E-state index contributed by atoms with van der Waals surface area (Å²) in [7, 11) is 0. The van der Waals surface area contributed by atoms with E-state index >= 15 is 0 Å². The minimum absolute atomic E-state index is 0.163. The third-order valence-electron chi connectivity index (χ3n) is 4.08. The standard InChI is InChI=1S/C14H23N5O2/c1-3-21-13(20)14(2,16-11-4-5-11)9-18-6-7-19-10-15-17-12(19)8-18/h10-11,16H,3-9H2,1-2H3. The Kier molecular flexibility index (Phi) is 3.95. The number of carbonyl (C=O) groups excluding carboxylic acids is 1. The third-order valence-corrected chi connectivity index (χ3v) is 4.08. The highest BCUT2D eigenvalue weighted by atomic mass is 16.5. The molecule has 1 aromatic heterocycles. The summed E-state index contributed by atoms with van der Waals surface area (Å²) in [5, 5.41) is 11.5. The van der Waals surface area contributed by atoms with Gasteiger partial charge in [0.15, 0.2) is 0 Å². The van der Waals surface area contributed by atoms with Crippen LogP contribution in [-0.4, -0.2) is 56.9 Å². The Balaban J connectivity index is 1.68. The molecule has 1 atom stereocenters. The Morgan fingerprint density at radius 2 is 2.33 bits per heavy atom. The number of hydrogen-bond acceptors (Lipinski definition) is 6. The van der Waals surface area contributed by atoms with Crippen molar-refractivity contribution in [1.82, 2.24) is 25.0 Å². The van der Waals surface area contributed by atoms with Gasteiger partial charge in [0.2, 0.25) is 0 Å². The van der Waals surface area contributed by atoms with Crippen LogP contribution >= 0.6 is 0 Å². The Labute approximate surface area is 124 Å². The number of aromatic nitrogens is 3. The predicted octanol–water partition coefficient (Wildman–Crippen LogP) is 0.168. The number of rotatable bonds is 6. The fourth-order valence-corrected chi connectivity index (χ4v) is 2.84. The van der Waals surface area contributed by atoms with E-state index in [0.717, 1.165) is 38.3 Å². The maximum absolute atomic E-state index is 12.4. The van der Waals surface area contributed by atoms with Gasteiger partial charge in [0.1, 0.15) is 17.7 Å². The SMILES string of the molecule is CCOC(=O)C(C)(CN1CCn2cnnc2C1)NC1CC1. The van der Waals surface area contributed by atoms with E-state index in [0.29, 0.717) is 19.2 Å². The van der Waals surface area contributed by atoms with E-state index in [1.54, 1.807) is 6.33 Å². The van der Waals surface area contributed by atoms with Crippen molar-refractivity contribution in [3.8, 4) is 0 Å². The van der Waals surface area contributed by atoms with E-state index < -0.39 is 5.54 Å². The molecule has 116 valence electrons. The second-order valence-electron chi connectivity index (χ2n) is 6.12. The van der Waals surface area contributed by atoms with Crippen molar-refractivity contribution in [3.05, 3.63) is 12.2 Å². The monoisotopic (exact) mass is 293 g/mol. The molecule has 1 N–H and O–H groups in total. The fourth-order valence-electron chi connectivity index (χ4n) is 2.84. The molecule has 0 amide bonds. The van der Waals surface area contributed by atoms with Crippen molar-refractivity contribution < 1.29 is 9.53 Å². The smallest absolute Gasteiger partial charge is 0.327 e. The Hall–Kier alpha value is -1.47. The van der Waals surface area contributed by atoms with Gasteiger partial charge in [-0.15, -0.1) is 10.2 Å². The third kappa shape index (κ3) is 3.24. The molecule has 1 aliphatic carbocycles. The molecular formula is C14H23N5O2. The first-order valence-electron chi connectivity index (χ1n) is 7.64. The number of fused-ring (bicyclic) bond motifs is 1. The first-order valence-corrected chi connectivity index (χ1v) is 7.64. The topological polar surface area (TPSA) is 72.3 Å². The zero-order valence-electron chi connectivity index (χ0n) is 12.7. The molecule has 0 bridgehead atoms. The van der Waals surface area contributed by atoms with Gasteiger partial charge in [0.05, 0.1) is 13.2 Å². The molecule has 21 heavy (non-hydrogen) atoms. The average Bonchev–Trinajstić information content (AvgIpc) is 3.13. The minimum Gasteiger partial charge on any atom is -0.465 e. The zero-order valence-corrected chi connectivity index (χ0v) is 12.7. The highest BCUT2D eigenvalue weighted by molar-refractivity contribution is 5.80. The van der Waals surface area contributed by atoms with Crippen LogP contribution in [0.1, 0.15) is 32.5 Å². The first kappa shape index (κ1) is 14.5. The molecule has 1 saturated carbocycles. The molecule has 2 aliphatic rings. The van der Waals surface area contributed by atoms with Crippen LogP contribution in [0, 0.1) is 0 Å². The molecule has 0 radical (unpaired) electrons. The molecule has 3 rings (SSSR count). The van der Waals surface area contributed by atoms with Gasteiger partial charge >= 0.3 is 5.97 Å². The minimum atomic E-state index is -0.653. The van der Waals surface area contributed by atoms with Crippen LogP contribution in [0.3, 0.4) is 0 Å². The highest BCUT2D eigenvalue weighted by Crippen LogP contribution is 2.24. The summed E-state index contributed by atoms with van der Waals surface area (Å²) in [6.07, 6.45) is 4.05. The van der Waals surface area contributed by atoms with Crippen LogP contribution in [0.4, 0.5) is 0 Å². The van der Waals surface area contributed by atoms with Crippen LogP contribution in [-0.2, 0) is 22.6 Å². The Morgan fingerprint density at radius 1 is 1.52 bits per heavy atom. The lowest BCUT2D eigenvalue weighted by Gasteiger charge is -2.36. The number of carbonyl (C=O) groups is 1. The number of ether oxygens (including phenoxy) is 1. The molecule has 7 heteroatoms. The second-order valence-corrected chi connectivity index (χ2v) is 6.12. The van der Waals surface area contributed by atoms with Crippen molar-refractivity contribution >= 4 is 5.97 Å². The van der Waals surface area contributed by atoms with Crippen LogP contribution in [0.25, 0.3) is 0 Å². The van der Waals surface area contributed by atoms with Crippen molar-refractivity contribution in [2.24, 2.45) is 0 Å². The van der Waals surface area contributed by atoms with Gasteiger partial charge in [-0.1, -0.05) is 0 Å². The molecule has 0 aromatic carbocycles. The molecule has 1 aromatic rings. The van der Waals surface area contributed by atoms with Crippen molar-refractivity contribution in [1.29, 1.82) is 0 Å². The Bertz CT molecular complexity index is 513. The quantitative estimate of drug-likeness (QED) is 0.754. The number of esters is 1. The van der Waals surface area contributed by atoms with Crippen molar-refractivity contribution in [2.75, 3.05) is 19.7 Å². The normalized spacial score (nSPS) is 21.6. The van der Waals surface area contributed by atoms with E-state index in [-0.39, 0.29) is 5.97 Å². The fraction of sp³-hybridized carbons (Fsp3) is 0.786. The summed E-state index contributed by atoms with van der Waals surface area (Å²) in [5.41, 5.74) is -0.653. The summed E-state index contributed by atoms with van der Waals surface area (Å²) >= 11 is 0. The van der Waals surface area contributed by atoms with E-state index in [1.165, 1.54) is 0 Å². The van der Waals surface area contributed by atoms with Crippen molar-refractivity contribution in [3.63, 3.8) is 0 Å². The van der Waals surface area contributed by atoms with Crippen LogP contribution < -0.4 is 5.32 Å². The lowest BCUT2D eigenvalue weighted by atomic mass is 10.0. The van der Waals surface area contributed by atoms with Gasteiger partial charge < -0.3 is 9.30 Å². The molecule has 7 nitrogen and oxygen atoms in total. The molecule has 1 unspecified atom stereocenters. The van der Waals surface area contributed by atoms with Gasteiger partial charge in [0.25, 0.3) is 0 Å². The summed E-state index contributed by atoms with van der Waals surface area (Å²) < 4.78 is 7.33. The molecule has 2 heterocycles. The number of nitrogens with zero attached hydrogens (tertiary/aromatic N) is 4. The maximum atomic E-state index is 12.4. The predicted molar refractivity (Wildman–Crippen MR) is 76.5 cm³/mol. The maximum Gasteiger partial charge on any atom is 0.327 e. The van der Waals surface area contributed by atoms with Gasteiger partial charge in [-0.2, -0.15) is 0 Å². The average molecular weight is 293 g/mol. The summed E-state index contributed by atoms with van der Waals surface area (Å²) in [4.78, 5) is 14.6. The first-order chi connectivity index (χ1) is 10.1. The highest BCUT2D eigenvalue weighted by Gasteiger charge is 2.41. The van der Waals surface area contributed by atoms with Crippen LogP contribution in [0.2, 0.25) is 0 Å². The van der Waals surface area contributed by atoms with Gasteiger partial charge in [-0.3, -0.25) is 15.0 Å². The van der Waals surface area contributed by atoms with E-state index in [2.05, 4.69) is 25.0 Å². The van der Waals surface area contributed by atoms with E-state index in [9.17, 15) is 4.79 Å². The second kappa shape index (κ2) is 5.73. The summed E-state index contributed by atoms with van der Waals surface area (Å²) in [5.74, 6) is 0.794. The molecular weight excluding hydrogens is 270 g/mol. The summed E-state index contributed by atoms with van der Waals surface area (Å²) in [6, 6.07) is 0.452. The van der Waals surface area contributed by atoms with Crippen LogP contribution in [0.5, 0.6) is 0 Å². The Morgan fingerprint density at radius 3 is 3.05 bits per heavy atom. The number of hydrogen-bond donors (Lipinski definition) is 1. The van der Waals surface area contributed by atoms with Gasteiger partial charge in [0, 0.05) is 25.7 Å². The zero-order chi connectivity index (χ0) is 14.9.